The van der Waals surface area contributed by atoms with Crippen LogP contribution >= 0.6 is 11.8 Å². The van der Waals surface area contributed by atoms with Crippen LogP contribution in [0, 0.1) is 6.92 Å². The normalized spacial score (nSPS) is 11.9. The summed E-state index contributed by atoms with van der Waals surface area (Å²) in [5.41, 5.74) is 2.21. The molecule has 2 rings (SSSR count). The van der Waals surface area contributed by atoms with Crippen LogP contribution in [0.1, 0.15) is 44.7 Å². The van der Waals surface area contributed by atoms with E-state index in [1.54, 1.807) is 16.7 Å². The second kappa shape index (κ2) is 11.7. The fourth-order valence-electron chi connectivity index (χ4n) is 3.11. The van der Waals surface area contributed by atoms with Crippen LogP contribution in [0.4, 0.5) is 0 Å². The number of nitrogens with zero attached hydrogens (tertiary/aromatic N) is 1. The van der Waals surface area contributed by atoms with Gasteiger partial charge in [0.05, 0.1) is 0 Å². The van der Waals surface area contributed by atoms with E-state index in [1.165, 1.54) is 5.56 Å². The number of carbonyl (C=O) groups excluding carboxylic acids is 2. The summed E-state index contributed by atoms with van der Waals surface area (Å²) in [6.07, 6.45) is 0.985. The molecule has 0 aromatic heterocycles. The lowest BCUT2D eigenvalue weighted by Gasteiger charge is -2.31. The first-order chi connectivity index (χ1) is 13.9. The molecule has 1 atom stereocenters. The molecule has 0 fully saturated rings. The molecule has 5 heteroatoms. The fraction of sp³-hybridized carbons (Fsp3) is 0.417. The average molecular weight is 413 g/mol. The molecule has 1 N–H and O–H groups in total. The fourth-order valence-corrected chi connectivity index (χ4v) is 3.97. The van der Waals surface area contributed by atoms with Crippen molar-refractivity contribution < 1.29 is 9.59 Å². The lowest BCUT2D eigenvalue weighted by Crippen LogP contribution is -2.50. The van der Waals surface area contributed by atoms with Crippen molar-refractivity contribution in [2.45, 2.75) is 64.1 Å². The van der Waals surface area contributed by atoms with Crippen molar-refractivity contribution >= 4 is 23.6 Å². The van der Waals surface area contributed by atoms with Crippen LogP contribution < -0.4 is 5.32 Å². The van der Waals surface area contributed by atoms with Crippen LogP contribution in [0.25, 0.3) is 0 Å². The quantitative estimate of drug-likeness (QED) is 0.570. The minimum atomic E-state index is -0.465. The molecule has 0 saturated carbocycles. The lowest BCUT2D eigenvalue weighted by molar-refractivity contribution is -0.141. The molecule has 0 bridgehead atoms. The van der Waals surface area contributed by atoms with Crippen molar-refractivity contribution in [1.29, 1.82) is 0 Å². The highest BCUT2D eigenvalue weighted by Crippen LogP contribution is 2.20. The topological polar surface area (TPSA) is 49.4 Å². The molecule has 2 amide bonds. The Kier molecular flexibility index (Phi) is 9.26. The Morgan fingerprint density at radius 1 is 1.03 bits per heavy atom. The second-order valence-electron chi connectivity index (χ2n) is 7.51. The number of hydrogen-bond acceptors (Lipinski definition) is 3. The molecule has 156 valence electrons. The summed E-state index contributed by atoms with van der Waals surface area (Å²) in [6, 6.07) is 17.8. The largest absolute Gasteiger partial charge is 0.352 e. The minimum Gasteiger partial charge on any atom is -0.352 e. The smallest absolute Gasteiger partial charge is 0.243 e. The Balaban J connectivity index is 2.11. The lowest BCUT2D eigenvalue weighted by atomic mass is 10.1. The van der Waals surface area contributed by atoms with E-state index in [0.717, 1.165) is 10.5 Å². The van der Waals surface area contributed by atoms with Gasteiger partial charge in [-0.25, -0.2) is 0 Å². The predicted octanol–water partition coefficient (Wildman–Crippen LogP) is 4.81. The average Bonchev–Trinajstić information content (AvgIpc) is 2.69. The molecule has 0 unspecified atom stereocenters. The van der Waals surface area contributed by atoms with Gasteiger partial charge in [-0.2, -0.15) is 0 Å². The van der Waals surface area contributed by atoms with Gasteiger partial charge in [0.25, 0.3) is 0 Å². The summed E-state index contributed by atoms with van der Waals surface area (Å²) in [4.78, 5) is 28.8. The maximum atomic E-state index is 13.1. The minimum absolute atomic E-state index is 0.0137. The third-order valence-electron chi connectivity index (χ3n) is 4.62. The van der Waals surface area contributed by atoms with E-state index in [2.05, 4.69) is 5.32 Å². The Morgan fingerprint density at radius 2 is 1.69 bits per heavy atom. The van der Waals surface area contributed by atoms with Gasteiger partial charge in [-0.3, -0.25) is 9.59 Å². The number of hydrogen-bond donors (Lipinski definition) is 1. The highest BCUT2D eigenvalue weighted by Gasteiger charge is 2.28. The van der Waals surface area contributed by atoms with E-state index in [1.807, 2.05) is 82.3 Å². The van der Waals surface area contributed by atoms with E-state index < -0.39 is 6.04 Å². The van der Waals surface area contributed by atoms with Gasteiger partial charge in [-0.15, -0.1) is 11.8 Å². The molecule has 4 nitrogen and oxygen atoms in total. The van der Waals surface area contributed by atoms with E-state index in [9.17, 15) is 9.59 Å². The van der Waals surface area contributed by atoms with Gasteiger partial charge in [0.1, 0.15) is 6.04 Å². The van der Waals surface area contributed by atoms with Crippen molar-refractivity contribution in [2.24, 2.45) is 0 Å². The Bertz CT molecular complexity index is 775. The maximum absolute atomic E-state index is 13.1. The summed E-state index contributed by atoms with van der Waals surface area (Å²) >= 11 is 1.66. The molecule has 0 saturated heterocycles. The highest BCUT2D eigenvalue weighted by molar-refractivity contribution is 7.99. The molecule has 29 heavy (non-hydrogen) atoms. The van der Waals surface area contributed by atoms with E-state index in [0.29, 0.717) is 25.1 Å². The van der Waals surface area contributed by atoms with Crippen molar-refractivity contribution in [3.8, 4) is 0 Å². The molecule has 0 spiro atoms. The first-order valence-corrected chi connectivity index (χ1v) is 11.2. The van der Waals surface area contributed by atoms with Gasteiger partial charge in [0, 0.05) is 29.7 Å². The molecular formula is C24H32N2O2S. The first kappa shape index (κ1) is 23.0. The molecule has 2 aromatic carbocycles. The van der Waals surface area contributed by atoms with Gasteiger partial charge in [0.15, 0.2) is 0 Å². The molecular weight excluding hydrogens is 380 g/mol. The van der Waals surface area contributed by atoms with Gasteiger partial charge in [-0.1, -0.05) is 55.0 Å². The van der Waals surface area contributed by atoms with Gasteiger partial charge in [0.2, 0.25) is 11.8 Å². The van der Waals surface area contributed by atoms with Crippen LogP contribution in [0.15, 0.2) is 59.5 Å². The van der Waals surface area contributed by atoms with Crippen LogP contribution in [-0.2, 0) is 16.1 Å². The summed E-state index contributed by atoms with van der Waals surface area (Å²) < 4.78 is 0. The van der Waals surface area contributed by atoms with Gasteiger partial charge < -0.3 is 10.2 Å². The van der Waals surface area contributed by atoms with Crippen molar-refractivity contribution in [3.05, 3.63) is 65.7 Å². The third-order valence-corrected chi connectivity index (χ3v) is 5.63. The Hall–Kier alpha value is -2.27. The van der Waals surface area contributed by atoms with Gasteiger partial charge >= 0.3 is 0 Å². The van der Waals surface area contributed by atoms with Crippen LogP contribution in [0.2, 0.25) is 0 Å². The third kappa shape index (κ3) is 7.58. The summed E-state index contributed by atoms with van der Waals surface area (Å²) in [5, 5.41) is 2.97. The van der Waals surface area contributed by atoms with E-state index in [-0.39, 0.29) is 17.9 Å². The van der Waals surface area contributed by atoms with Crippen LogP contribution in [-0.4, -0.2) is 34.6 Å². The summed E-state index contributed by atoms with van der Waals surface area (Å²) in [6.45, 7) is 8.32. The van der Waals surface area contributed by atoms with Crippen molar-refractivity contribution in [3.63, 3.8) is 0 Å². The molecule has 0 aliphatic rings. The Labute approximate surface area is 179 Å². The highest BCUT2D eigenvalue weighted by atomic mass is 32.2. The SMILES string of the molecule is CC[C@@H](C(=O)NC(C)C)N(Cc1ccc(C)cc1)C(=O)CCSc1ccccc1. The molecule has 2 aromatic rings. The number of aryl methyl sites for hydroxylation is 1. The number of nitrogens with one attached hydrogen (secondary N) is 1. The molecule has 0 radical (unpaired) electrons. The van der Waals surface area contributed by atoms with Crippen LogP contribution in [0.5, 0.6) is 0 Å². The zero-order valence-corrected chi connectivity index (χ0v) is 18.7. The predicted molar refractivity (Wildman–Crippen MR) is 121 cm³/mol. The standard InChI is InChI=1S/C24H32N2O2S/c1-5-22(24(28)25-18(2)3)26(17-20-13-11-19(4)12-14-20)23(27)15-16-29-21-9-7-6-8-10-21/h6-14,18,22H,5,15-17H2,1-4H3,(H,25,28)/t22-/m0/s1. The monoisotopic (exact) mass is 412 g/mol. The van der Waals surface area contributed by atoms with E-state index >= 15 is 0 Å². The number of rotatable bonds is 10. The number of thioether (sulfide) groups is 1. The first-order valence-electron chi connectivity index (χ1n) is 10.2. The molecule has 0 aliphatic carbocycles. The van der Waals surface area contributed by atoms with Gasteiger partial charge in [-0.05, 0) is 44.9 Å². The molecule has 0 heterocycles. The van der Waals surface area contributed by atoms with Crippen molar-refractivity contribution in [2.75, 3.05) is 5.75 Å². The number of amides is 2. The van der Waals surface area contributed by atoms with Crippen LogP contribution in [0.3, 0.4) is 0 Å². The number of carbonyl (C=O) groups is 2. The van der Waals surface area contributed by atoms with Crippen molar-refractivity contribution in [1.82, 2.24) is 10.2 Å². The Morgan fingerprint density at radius 3 is 2.28 bits per heavy atom. The molecule has 0 aliphatic heterocycles. The second-order valence-corrected chi connectivity index (χ2v) is 8.67. The maximum Gasteiger partial charge on any atom is 0.243 e. The van der Waals surface area contributed by atoms with E-state index in [4.69, 9.17) is 0 Å². The number of benzene rings is 2. The summed E-state index contributed by atoms with van der Waals surface area (Å²) in [5.74, 6) is 0.619. The zero-order valence-electron chi connectivity index (χ0n) is 17.9. The summed E-state index contributed by atoms with van der Waals surface area (Å²) in [7, 11) is 0. The zero-order chi connectivity index (χ0) is 21.2.